The second-order valence-corrected chi connectivity index (χ2v) is 4.54. The number of carbonyl (C=O) groups excluding carboxylic acids is 1. The van der Waals surface area contributed by atoms with Crippen LogP contribution in [0.1, 0.15) is 13.8 Å². The van der Waals surface area contributed by atoms with Crippen LogP contribution in [0.5, 0.6) is 5.75 Å². The molecule has 1 amide bonds. The molecule has 0 bridgehead atoms. The van der Waals surface area contributed by atoms with Crippen molar-refractivity contribution in [2.45, 2.75) is 19.4 Å². The Kier molecular flexibility index (Phi) is 4.88. The Balaban J connectivity index is 2.62. The van der Waals surface area contributed by atoms with E-state index in [9.17, 15) is 9.59 Å². The predicted molar refractivity (Wildman–Crippen MR) is 71.3 cm³/mol. The van der Waals surface area contributed by atoms with Gasteiger partial charge in [0.25, 0.3) is 0 Å². The van der Waals surface area contributed by atoms with E-state index in [0.29, 0.717) is 11.4 Å². The largest absolute Gasteiger partial charge is 0.482 e. The maximum Gasteiger partial charge on any atom is 0.341 e. The quantitative estimate of drug-likeness (QED) is 0.717. The molecule has 0 aromatic heterocycles. The highest BCUT2D eigenvalue weighted by Gasteiger charge is 2.24. The molecule has 0 unspecified atom stereocenters. The number of anilines is 1. The fourth-order valence-corrected chi connectivity index (χ4v) is 1.18. The molecular formula is C13H18N2O4. The predicted octanol–water partition coefficient (Wildman–Crippen LogP) is 1.09. The van der Waals surface area contributed by atoms with Gasteiger partial charge in [-0.15, -0.1) is 0 Å². The van der Waals surface area contributed by atoms with Gasteiger partial charge >= 0.3 is 5.97 Å². The molecule has 19 heavy (non-hydrogen) atoms. The Morgan fingerprint density at radius 3 is 2.32 bits per heavy atom. The number of nitrogens with one attached hydrogen (secondary N) is 2. The van der Waals surface area contributed by atoms with Crippen molar-refractivity contribution in [1.82, 2.24) is 5.32 Å². The summed E-state index contributed by atoms with van der Waals surface area (Å²) in [5.41, 5.74) is -0.0469. The summed E-state index contributed by atoms with van der Waals surface area (Å²) >= 11 is 0. The normalized spacial score (nSPS) is 10.9. The first-order chi connectivity index (χ1) is 8.85. The first-order valence-corrected chi connectivity index (χ1v) is 5.80. The Morgan fingerprint density at radius 1 is 1.26 bits per heavy atom. The summed E-state index contributed by atoms with van der Waals surface area (Å²) in [6.07, 6.45) is 0. The number of carboxylic acids is 1. The van der Waals surface area contributed by atoms with Gasteiger partial charge in [-0.3, -0.25) is 4.79 Å². The standard InChI is InChI=1S/C13H18N2O4/c1-13(2,14-3)12(18)15-9-4-6-10(7-5-9)19-8-11(16)17/h4-7,14H,8H2,1-3H3,(H,15,18)(H,16,17). The van der Waals surface area contributed by atoms with Crippen LogP contribution in [0.4, 0.5) is 5.69 Å². The highest BCUT2D eigenvalue weighted by atomic mass is 16.5. The highest BCUT2D eigenvalue weighted by molar-refractivity contribution is 5.97. The molecule has 0 spiro atoms. The molecule has 0 saturated carbocycles. The van der Waals surface area contributed by atoms with Crippen LogP contribution in [0.25, 0.3) is 0 Å². The van der Waals surface area contributed by atoms with Crippen molar-refractivity contribution in [3.63, 3.8) is 0 Å². The van der Waals surface area contributed by atoms with E-state index < -0.39 is 18.1 Å². The average molecular weight is 266 g/mol. The van der Waals surface area contributed by atoms with E-state index in [1.807, 2.05) is 0 Å². The Hall–Kier alpha value is -2.08. The molecule has 0 atom stereocenters. The number of rotatable bonds is 6. The van der Waals surface area contributed by atoms with Gasteiger partial charge in [-0.1, -0.05) is 0 Å². The van der Waals surface area contributed by atoms with Crippen LogP contribution in [0, 0.1) is 0 Å². The van der Waals surface area contributed by atoms with Crippen LogP contribution in [0.2, 0.25) is 0 Å². The van der Waals surface area contributed by atoms with Crippen molar-refractivity contribution in [3.05, 3.63) is 24.3 Å². The van der Waals surface area contributed by atoms with Crippen LogP contribution in [0.15, 0.2) is 24.3 Å². The molecule has 0 saturated heterocycles. The number of carboxylic acid groups (broad SMARTS) is 1. The van der Waals surface area contributed by atoms with Crippen molar-refractivity contribution >= 4 is 17.6 Å². The van der Waals surface area contributed by atoms with Crippen molar-refractivity contribution in [2.75, 3.05) is 19.0 Å². The number of likely N-dealkylation sites (N-methyl/N-ethyl adjacent to an activating group) is 1. The highest BCUT2D eigenvalue weighted by Crippen LogP contribution is 2.16. The fraction of sp³-hybridized carbons (Fsp3) is 0.385. The third-order valence-corrected chi connectivity index (χ3v) is 2.67. The lowest BCUT2D eigenvalue weighted by Gasteiger charge is -2.22. The molecule has 0 aliphatic rings. The van der Waals surface area contributed by atoms with E-state index in [1.165, 1.54) is 0 Å². The number of hydrogen-bond acceptors (Lipinski definition) is 4. The van der Waals surface area contributed by atoms with Crippen molar-refractivity contribution < 1.29 is 19.4 Å². The van der Waals surface area contributed by atoms with E-state index in [1.54, 1.807) is 45.2 Å². The van der Waals surface area contributed by atoms with Gasteiger partial charge in [0.15, 0.2) is 6.61 Å². The van der Waals surface area contributed by atoms with Crippen LogP contribution in [-0.2, 0) is 9.59 Å². The Labute approximate surface area is 111 Å². The van der Waals surface area contributed by atoms with E-state index in [0.717, 1.165) is 0 Å². The molecule has 0 radical (unpaired) electrons. The summed E-state index contributed by atoms with van der Waals surface area (Å²) in [6, 6.07) is 6.51. The minimum absolute atomic E-state index is 0.158. The van der Waals surface area contributed by atoms with Gasteiger partial charge < -0.3 is 20.5 Å². The molecule has 0 aliphatic carbocycles. The van der Waals surface area contributed by atoms with Gasteiger partial charge in [0.05, 0.1) is 5.54 Å². The maximum absolute atomic E-state index is 11.9. The van der Waals surface area contributed by atoms with Crippen molar-refractivity contribution in [3.8, 4) is 5.75 Å². The molecule has 1 aromatic carbocycles. The molecule has 6 nitrogen and oxygen atoms in total. The summed E-state index contributed by atoms with van der Waals surface area (Å²) in [4.78, 5) is 22.2. The topological polar surface area (TPSA) is 87.7 Å². The summed E-state index contributed by atoms with van der Waals surface area (Å²) in [7, 11) is 1.71. The minimum Gasteiger partial charge on any atom is -0.482 e. The molecule has 1 rings (SSSR count). The molecule has 104 valence electrons. The molecule has 0 heterocycles. The van der Waals surface area contributed by atoms with Crippen molar-refractivity contribution in [1.29, 1.82) is 0 Å². The number of benzene rings is 1. The third kappa shape index (κ3) is 4.59. The molecule has 0 aliphatic heterocycles. The van der Waals surface area contributed by atoms with E-state index in [2.05, 4.69) is 10.6 Å². The first-order valence-electron chi connectivity index (χ1n) is 5.80. The SMILES string of the molecule is CNC(C)(C)C(=O)Nc1ccc(OCC(=O)O)cc1. The van der Waals surface area contributed by atoms with Gasteiger partial charge in [-0.25, -0.2) is 4.79 Å². The lowest BCUT2D eigenvalue weighted by atomic mass is 10.1. The number of aliphatic carboxylic acids is 1. The molecule has 0 fully saturated rings. The van der Waals surface area contributed by atoms with Crippen LogP contribution >= 0.6 is 0 Å². The molecule has 6 heteroatoms. The fourth-order valence-electron chi connectivity index (χ4n) is 1.18. The number of hydrogen-bond donors (Lipinski definition) is 3. The van der Waals surface area contributed by atoms with Crippen molar-refractivity contribution in [2.24, 2.45) is 0 Å². The first kappa shape index (κ1) is 15.0. The summed E-state index contributed by atoms with van der Waals surface area (Å²) in [5, 5.41) is 14.1. The van der Waals surface area contributed by atoms with Gasteiger partial charge in [0, 0.05) is 5.69 Å². The smallest absolute Gasteiger partial charge is 0.341 e. The lowest BCUT2D eigenvalue weighted by Crippen LogP contribution is -2.47. The molecule has 3 N–H and O–H groups in total. The second-order valence-electron chi connectivity index (χ2n) is 4.54. The van der Waals surface area contributed by atoms with Gasteiger partial charge in [-0.05, 0) is 45.2 Å². The number of amides is 1. The lowest BCUT2D eigenvalue weighted by molar-refractivity contribution is -0.139. The molecule has 1 aromatic rings. The maximum atomic E-state index is 11.9. The summed E-state index contributed by atoms with van der Waals surface area (Å²) < 4.78 is 4.99. The molecular weight excluding hydrogens is 248 g/mol. The van der Waals surface area contributed by atoms with Crippen LogP contribution < -0.4 is 15.4 Å². The van der Waals surface area contributed by atoms with Gasteiger partial charge in [-0.2, -0.15) is 0 Å². The number of carbonyl (C=O) groups is 2. The van der Waals surface area contributed by atoms with E-state index >= 15 is 0 Å². The third-order valence-electron chi connectivity index (χ3n) is 2.67. The summed E-state index contributed by atoms with van der Waals surface area (Å²) in [6.45, 7) is 3.15. The minimum atomic E-state index is -1.03. The van der Waals surface area contributed by atoms with Crippen LogP contribution in [-0.4, -0.2) is 36.2 Å². The number of ether oxygens (including phenoxy) is 1. The second kappa shape index (κ2) is 6.19. The average Bonchev–Trinajstić information content (AvgIpc) is 2.37. The monoisotopic (exact) mass is 266 g/mol. The zero-order valence-corrected chi connectivity index (χ0v) is 11.2. The van der Waals surface area contributed by atoms with Gasteiger partial charge in [0.1, 0.15) is 5.75 Å². The van der Waals surface area contributed by atoms with Crippen LogP contribution in [0.3, 0.4) is 0 Å². The van der Waals surface area contributed by atoms with E-state index in [4.69, 9.17) is 9.84 Å². The van der Waals surface area contributed by atoms with Gasteiger partial charge in [0.2, 0.25) is 5.91 Å². The Morgan fingerprint density at radius 2 is 1.84 bits per heavy atom. The zero-order chi connectivity index (χ0) is 14.5. The van der Waals surface area contributed by atoms with E-state index in [-0.39, 0.29) is 5.91 Å². The Bertz CT molecular complexity index is 454. The summed E-state index contributed by atoms with van der Waals surface area (Å²) in [5.74, 6) is -0.754. The zero-order valence-electron chi connectivity index (χ0n) is 11.2.